The van der Waals surface area contributed by atoms with Crippen molar-refractivity contribution in [3.8, 4) is 11.3 Å². The summed E-state index contributed by atoms with van der Waals surface area (Å²) in [7, 11) is 0. The number of likely N-dealkylation sites (tertiary alicyclic amines) is 1. The highest BCUT2D eigenvalue weighted by Crippen LogP contribution is 2.20. The summed E-state index contributed by atoms with van der Waals surface area (Å²) in [6, 6.07) is 10.4. The topological polar surface area (TPSA) is 44.0 Å². The van der Waals surface area contributed by atoms with Crippen LogP contribution in [0.5, 0.6) is 0 Å². The molecule has 1 aromatic heterocycles. The molecule has 4 nitrogen and oxygen atoms in total. The summed E-state index contributed by atoms with van der Waals surface area (Å²) in [6.45, 7) is 5.75. The van der Waals surface area contributed by atoms with Crippen molar-refractivity contribution in [2.75, 3.05) is 26.2 Å². The fourth-order valence-electron chi connectivity index (χ4n) is 2.96. The van der Waals surface area contributed by atoms with Crippen LogP contribution in [-0.2, 0) is 6.54 Å². The number of H-pyrrole nitrogens is 1. The minimum atomic E-state index is 0.876. The highest BCUT2D eigenvalue weighted by molar-refractivity contribution is 5.62. The van der Waals surface area contributed by atoms with Gasteiger partial charge in [-0.25, -0.2) is 0 Å². The van der Waals surface area contributed by atoms with Gasteiger partial charge in [0.15, 0.2) is 0 Å². The van der Waals surface area contributed by atoms with Gasteiger partial charge >= 0.3 is 0 Å². The first-order valence-electron chi connectivity index (χ1n) is 7.94. The van der Waals surface area contributed by atoms with Crippen LogP contribution in [0.2, 0.25) is 0 Å². The second-order valence-corrected chi connectivity index (χ2v) is 5.72. The first-order chi connectivity index (χ1) is 10.4. The molecule has 0 radical (unpaired) electrons. The standard InChI is InChI=1S/C17H24N4/c1-2-7-15(8-3-1)17-16(14-19-20-17)13-18-9-6-12-21-10-4-5-11-21/h1-3,7-8,14,18H,4-6,9-13H2,(H,19,20). The van der Waals surface area contributed by atoms with E-state index in [2.05, 4.69) is 44.7 Å². The number of nitrogens with one attached hydrogen (secondary N) is 2. The molecule has 2 aromatic rings. The van der Waals surface area contributed by atoms with Gasteiger partial charge in [0, 0.05) is 12.1 Å². The molecule has 2 heterocycles. The summed E-state index contributed by atoms with van der Waals surface area (Å²) in [4.78, 5) is 2.56. The Balaban J connectivity index is 1.44. The second-order valence-electron chi connectivity index (χ2n) is 5.72. The number of hydrogen-bond donors (Lipinski definition) is 2. The fraction of sp³-hybridized carbons (Fsp3) is 0.471. The highest BCUT2D eigenvalue weighted by atomic mass is 15.1. The normalized spacial score (nSPS) is 15.6. The van der Waals surface area contributed by atoms with Crippen molar-refractivity contribution >= 4 is 0 Å². The van der Waals surface area contributed by atoms with Crippen LogP contribution in [0.1, 0.15) is 24.8 Å². The van der Waals surface area contributed by atoms with Crippen molar-refractivity contribution in [2.24, 2.45) is 0 Å². The molecule has 1 aliphatic heterocycles. The molecule has 1 saturated heterocycles. The van der Waals surface area contributed by atoms with E-state index in [9.17, 15) is 0 Å². The molecule has 0 bridgehead atoms. The zero-order valence-electron chi connectivity index (χ0n) is 12.5. The van der Waals surface area contributed by atoms with Gasteiger partial charge in [-0.1, -0.05) is 30.3 Å². The smallest absolute Gasteiger partial charge is 0.0695 e. The lowest BCUT2D eigenvalue weighted by Gasteiger charge is -2.14. The number of benzene rings is 1. The van der Waals surface area contributed by atoms with Gasteiger partial charge in [0.25, 0.3) is 0 Å². The quantitative estimate of drug-likeness (QED) is 0.768. The summed E-state index contributed by atoms with van der Waals surface area (Å²) in [6.07, 6.45) is 5.90. The van der Waals surface area contributed by atoms with E-state index in [1.54, 1.807) is 0 Å². The van der Waals surface area contributed by atoms with Crippen LogP contribution in [0.15, 0.2) is 36.5 Å². The molecule has 4 heteroatoms. The largest absolute Gasteiger partial charge is 0.312 e. The molecule has 0 amide bonds. The molecule has 0 aliphatic carbocycles. The van der Waals surface area contributed by atoms with Gasteiger partial charge in [-0.2, -0.15) is 5.10 Å². The van der Waals surface area contributed by atoms with Gasteiger partial charge in [0.05, 0.1) is 11.9 Å². The van der Waals surface area contributed by atoms with Crippen molar-refractivity contribution < 1.29 is 0 Å². The Morgan fingerprint density at radius 2 is 1.95 bits per heavy atom. The summed E-state index contributed by atoms with van der Waals surface area (Å²) >= 11 is 0. The monoisotopic (exact) mass is 284 g/mol. The van der Waals surface area contributed by atoms with E-state index in [0.717, 1.165) is 18.8 Å². The lowest BCUT2D eigenvalue weighted by Crippen LogP contribution is -2.24. The molecule has 1 aromatic carbocycles. The van der Waals surface area contributed by atoms with Crippen LogP contribution in [0.3, 0.4) is 0 Å². The Morgan fingerprint density at radius 3 is 2.76 bits per heavy atom. The Labute approximate surface area is 126 Å². The van der Waals surface area contributed by atoms with Crippen LogP contribution < -0.4 is 5.32 Å². The summed E-state index contributed by atoms with van der Waals surface area (Å²) in [5, 5.41) is 10.8. The van der Waals surface area contributed by atoms with Crippen LogP contribution in [0.25, 0.3) is 11.3 Å². The Morgan fingerprint density at radius 1 is 1.14 bits per heavy atom. The lowest BCUT2D eigenvalue weighted by atomic mass is 10.1. The first-order valence-corrected chi connectivity index (χ1v) is 7.94. The molecule has 1 fully saturated rings. The molecule has 2 N–H and O–H groups in total. The number of nitrogens with zero attached hydrogens (tertiary/aromatic N) is 2. The molecule has 0 unspecified atom stereocenters. The molecular weight excluding hydrogens is 260 g/mol. The Hall–Kier alpha value is -1.65. The average molecular weight is 284 g/mol. The van der Waals surface area contributed by atoms with Gasteiger partial charge in [-0.3, -0.25) is 5.10 Å². The van der Waals surface area contributed by atoms with Crippen molar-refractivity contribution in [3.05, 3.63) is 42.1 Å². The van der Waals surface area contributed by atoms with Crippen molar-refractivity contribution in [1.29, 1.82) is 0 Å². The summed E-state index contributed by atoms with van der Waals surface area (Å²) in [5.74, 6) is 0. The molecule has 21 heavy (non-hydrogen) atoms. The van der Waals surface area contributed by atoms with Gasteiger partial charge in [-0.05, 0) is 51.0 Å². The third kappa shape index (κ3) is 3.93. The molecule has 0 atom stereocenters. The van der Waals surface area contributed by atoms with Crippen LogP contribution in [0, 0.1) is 0 Å². The SMILES string of the molecule is c1ccc(-c2[nH]ncc2CNCCCN2CCCC2)cc1. The fourth-order valence-corrected chi connectivity index (χ4v) is 2.96. The van der Waals surface area contributed by atoms with Crippen LogP contribution in [0.4, 0.5) is 0 Å². The van der Waals surface area contributed by atoms with E-state index in [0.29, 0.717) is 0 Å². The first kappa shape index (κ1) is 14.3. The maximum atomic E-state index is 4.19. The van der Waals surface area contributed by atoms with E-state index in [1.165, 1.54) is 50.0 Å². The summed E-state index contributed by atoms with van der Waals surface area (Å²) in [5.41, 5.74) is 3.56. The number of rotatable bonds is 7. The maximum absolute atomic E-state index is 4.19. The maximum Gasteiger partial charge on any atom is 0.0695 e. The predicted molar refractivity (Wildman–Crippen MR) is 86.0 cm³/mol. The zero-order chi connectivity index (χ0) is 14.3. The van der Waals surface area contributed by atoms with Crippen LogP contribution >= 0.6 is 0 Å². The van der Waals surface area contributed by atoms with Gasteiger partial charge < -0.3 is 10.2 Å². The van der Waals surface area contributed by atoms with E-state index >= 15 is 0 Å². The molecule has 1 aliphatic rings. The molecule has 0 spiro atoms. The van der Waals surface area contributed by atoms with Crippen molar-refractivity contribution in [3.63, 3.8) is 0 Å². The molecule has 112 valence electrons. The van der Waals surface area contributed by atoms with Crippen LogP contribution in [-0.4, -0.2) is 41.3 Å². The summed E-state index contributed by atoms with van der Waals surface area (Å²) < 4.78 is 0. The molecule has 0 saturated carbocycles. The molecular formula is C17H24N4. The van der Waals surface area contributed by atoms with E-state index in [1.807, 2.05) is 12.3 Å². The minimum absolute atomic E-state index is 0.876. The minimum Gasteiger partial charge on any atom is -0.312 e. The van der Waals surface area contributed by atoms with E-state index in [-0.39, 0.29) is 0 Å². The Kier molecular flexibility index (Phi) is 5.03. The van der Waals surface area contributed by atoms with Gasteiger partial charge in [-0.15, -0.1) is 0 Å². The second kappa shape index (κ2) is 7.38. The van der Waals surface area contributed by atoms with E-state index < -0.39 is 0 Å². The Bertz CT molecular complexity index is 529. The predicted octanol–water partition coefficient (Wildman–Crippen LogP) is 2.65. The number of hydrogen-bond acceptors (Lipinski definition) is 3. The molecule has 3 rings (SSSR count). The third-order valence-corrected chi connectivity index (χ3v) is 4.12. The zero-order valence-corrected chi connectivity index (χ0v) is 12.5. The number of aromatic amines is 1. The average Bonchev–Trinajstić information content (AvgIpc) is 3.19. The van der Waals surface area contributed by atoms with Gasteiger partial charge in [0.2, 0.25) is 0 Å². The third-order valence-electron chi connectivity index (χ3n) is 4.12. The van der Waals surface area contributed by atoms with Gasteiger partial charge in [0.1, 0.15) is 0 Å². The van der Waals surface area contributed by atoms with Crippen molar-refractivity contribution in [2.45, 2.75) is 25.8 Å². The highest BCUT2D eigenvalue weighted by Gasteiger charge is 2.10. The van der Waals surface area contributed by atoms with Crippen molar-refractivity contribution in [1.82, 2.24) is 20.4 Å². The number of aromatic nitrogens is 2. The van der Waals surface area contributed by atoms with E-state index in [4.69, 9.17) is 0 Å². The lowest BCUT2D eigenvalue weighted by molar-refractivity contribution is 0.331.